The molecule has 0 atom stereocenters. The quantitative estimate of drug-likeness (QED) is 0.765. The van der Waals surface area contributed by atoms with Crippen LogP contribution in [-0.4, -0.2) is 35.8 Å². The summed E-state index contributed by atoms with van der Waals surface area (Å²) in [6.45, 7) is 0.733. The minimum atomic E-state index is -0.391. The van der Waals surface area contributed by atoms with Crippen molar-refractivity contribution in [1.29, 1.82) is 0 Å². The van der Waals surface area contributed by atoms with Crippen molar-refractivity contribution >= 4 is 29.4 Å². The first-order valence-electron chi connectivity index (χ1n) is 8.23. The highest BCUT2D eigenvalue weighted by molar-refractivity contribution is 6.30. The van der Waals surface area contributed by atoms with Crippen molar-refractivity contribution in [3.05, 3.63) is 70.2 Å². The first-order chi connectivity index (χ1) is 12.5. The number of hydrogen-bond acceptors (Lipinski definition) is 3. The van der Waals surface area contributed by atoms with Crippen LogP contribution >= 0.6 is 11.6 Å². The largest absolute Gasteiger partial charge is 0.352 e. The van der Waals surface area contributed by atoms with E-state index in [0.717, 1.165) is 16.0 Å². The number of carbonyl (C=O) groups excluding carboxylic acids is 3. The third kappa shape index (κ3) is 4.40. The highest BCUT2D eigenvalue weighted by Gasteiger charge is 2.28. The minimum Gasteiger partial charge on any atom is -0.352 e. The van der Waals surface area contributed by atoms with E-state index in [4.69, 9.17) is 11.6 Å². The van der Waals surface area contributed by atoms with Gasteiger partial charge in [-0.2, -0.15) is 0 Å². The van der Waals surface area contributed by atoms with Gasteiger partial charge < -0.3 is 10.6 Å². The molecule has 1 heterocycles. The predicted molar refractivity (Wildman–Crippen MR) is 97.9 cm³/mol. The summed E-state index contributed by atoms with van der Waals surface area (Å²) >= 11 is 5.94. The molecule has 0 aromatic heterocycles. The van der Waals surface area contributed by atoms with Crippen LogP contribution in [0.25, 0.3) is 0 Å². The second-order valence-corrected chi connectivity index (χ2v) is 6.41. The highest BCUT2D eigenvalue weighted by atomic mass is 35.5. The van der Waals surface area contributed by atoms with Crippen molar-refractivity contribution in [2.75, 3.05) is 13.1 Å². The number of imide groups is 1. The van der Waals surface area contributed by atoms with Crippen LogP contribution in [0.4, 0.5) is 4.79 Å². The van der Waals surface area contributed by atoms with E-state index < -0.39 is 6.03 Å². The lowest BCUT2D eigenvalue weighted by Gasteiger charge is -2.12. The fraction of sp³-hybridized carbons (Fsp3) is 0.211. The number of halogens is 1. The summed E-state index contributed by atoms with van der Waals surface area (Å²) in [5, 5.41) is 6.01. The fourth-order valence-corrected chi connectivity index (χ4v) is 2.89. The molecule has 7 heteroatoms. The molecule has 26 heavy (non-hydrogen) atoms. The van der Waals surface area contributed by atoms with Gasteiger partial charge in [0.25, 0.3) is 5.91 Å². The second kappa shape index (κ2) is 8.01. The number of benzene rings is 2. The molecule has 134 valence electrons. The Morgan fingerprint density at radius 2 is 1.88 bits per heavy atom. The van der Waals surface area contributed by atoms with Crippen LogP contribution in [0.3, 0.4) is 0 Å². The maximum Gasteiger partial charge on any atom is 0.324 e. The highest BCUT2D eigenvalue weighted by Crippen LogP contribution is 2.12. The molecule has 1 saturated heterocycles. The van der Waals surface area contributed by atoms with Crippen LogP contribution in [0.2, 0.25) is 5.02 Å². The van der Waals surface area contributed by atoms with Gasteiger partial charge in [-0.25, -0.2) is 4.79 Å². The van der Waals surface area contributed by atoms with Crippen molar-refractivity contribution in [3.8, 4) is 0 Å². The Balaban J connectivity index is 1.52. The summed E-state index contributed by atoms with van der Waals surface area (Å²) in [6.07, 6.45) is 0.691. The number of hydrogen-bond donors (Lipinski definition) is 2. The van der Waals surface area contributed by atoms with E-state index in [1.807, 2.05) is 24.3 Å². The molecule has 0 aliphatic carbocycles. The summed E-state index contributed by atoms with van der Waals surface area (Å²) < 4.78 is 0. The van der Waals surface area contributed by atoms with E-state index in [1.54, 1.807) is 24.3 Å². The van der Waals surface area contributed by atoms with E-state index in [1.165, 1.54) is 0 Å². The van der Waals surface area contributed by atoms with Crippen LogP contribution < -0.4 is 10.6 Å². The van der Waals surface area contributed by atoms with Crippen molar-refractivity contribution in [3.63, 3.8) is 0 Å². The zero-order valence-corrected chi connectivity index (χ0v) is 14.8. The van der Waals surface area contributed by atoms with E-state index >= 15 is 0 Å². The van der Waals surface area contributed by atoms with Gasteiger partial charge in [-0.3, -0.25) is 14.5 Å². The van der Waals surface area contributed by atoms with Gasteiger partial charge in [0.05, 0.1) is 13.1 Å². The topological polar surface area (TPSA) is 78.5 Å². The normalized spacial score (nSPS) is 13.7. The van der Waals surface area contributed by atoms with Crippen LogP contribution in [0, 0.1) is 0 Å². The second-order valence-electron chi connectivity index (χ2n) is 5.97. The Kier molecular flexibility index (Phi) is 5.53. The lowest BCUT2D eigenvalue weighted by molar-refractivity contribution is -0.125. The lowest BCUT2D eigenvalue weighted by atomic mass is 10.1. The molecule has 1 aliphatic rings. The zero-order chi connectivity index (χ0) is 18.5. The van der Waals surface area contributed by atoms with Gasteiger partial charge in [-0.15, -0.1) is 0 Å². The lowest BCUT2D eigenvalue weighted by Crippen LogP contribution is -2.30. The molecule has 0 unspecified atom stereocenters. The van der Waals surface area contributed by atoms with Gasteiger partial charge in [-0.05, 0) is 41.8 Å². The Hall–Kier alpha value is -2.86. The summed E-state index contributed by atoms with van der Waals surface area (Å²) in [5.74, 6) is -0.425. The van der Waals surface area contributed by atoms with Gasteiger partial charge >= 0.3 is 6.03 Å². The molecule has 0 bridgehead atoms. The smallest absolute Gasteiger partial charge is 0.324 e. The average Bonchev–Trinajstić information content (AvgIpc) is 2.94. The van der Waals surface area contributed by atoms with Gasteiger partial charge in [0.15, 0.2) is 0 Å². The molecule has 2 aromatic carbocycles. The van der Waals surface area contributed by atoms with Gasteiger partial charge in [0.2, 0.25) is 5.91 Å². The monoisotopic (exact) mass is 371 g/mol. The summed E-state index contributed by atoms with van der Waals surface area (Å²) in [5.41, 5.74) is 2.37. The molecule has 4 amide bonds. The Labute approximate surface area is 156 Å². The first-order valence-corrected chi connectivity index (χ1v) is 8.60. The molecule has 1 aliphatic heterocycles. The molecular formula is C19H18ClN3O3. The SMILES string of the molecule is O=C(NCCc1cccc(Cl)c1)c1ccc(CN2C(=O)CNC2=O)cc1. The molecule has 0 saturated carbocycles. The molecule has 3 rings (SSSR count). The molecule has 1 fully saturated rings. The zero-order valence-electron chi connectivity index (χ0n) is 14.0. The summed E-state index contributed by atoms with van der Waals surface area (Å²) in [4.78, 5) is 36.5. The average molecular weight is 372 g/mol. The Bertz CT molecular complexity index is 820. The number of amides is 4. The van der Waals surface area contributed by atoms with Gasteiger partial charge in [0.1, 0.15) is 0 Å². The molecule has 2 aromatic rings. The van der Waals surface area contributed by atoms with E-state index in [9.17, 15) is 14.4 Å². The Morgan fingerprint density at radius 3 is 2.54 bits per heavy atom. The van der Waals surface area contributed by atoms with Gasteiger partial charge in [-0.1, -0.05) is 35.9 Å². The van der Waals surface area contributed by atoms with Crippen LogP contribution in [0.1, 0.15) is 21.5 Å². The van der Waals surface area contributed by atoms with E-state index in [2.05, 4.69) is 10.6 Å². The Morgan fingerprint density at radius 1 is 1.12 bits per heavy atom. The third-order valence-corrected chi connectivity index (χ3v) is 4.32. The predicted octanol–water partition coefficient (Wildman–Crippen LogP) is 2.36. The number of carbonyl (C=O) groups is 3. The maximum atomic E-state index is 12.2. The molecular weight excluding hydrogens is 354 g/mol. The van der Waals surface area contributed by atoms with Crippen molar-refractivity contribution in [2.24, 2.45) is 0 Å². The third-order valence-electron chi connectivity index (χ3n) is 4.08. The fourth-order valence-electron chi connectivity index (χ4n) is 2.67. The first kappa shape index (κ1) is 17.9. The number of rotatable bonds is 6. The minimum absolute atomic E-state index is 0.0337. The maximum absolute atomic E-state index is 12.2. The summed E-state index contributed by atoms with van der Waals surface area (Å²) in [6, 6.07) is 14.0. The number of nitrogens with zero attached hydrogens (tertiary/aromatic N) is 1. The van der Waals surface area contributed by atoms with E-state index in [-0.39, 0.29) is 24.9 Å². The number of nitrogens with one attached hydrogen (secondary N) is 2. The summed E-state index contributed by atoms with van der Waals surface area (Å²) in [7, 11) is 0. The van der Waals surface area contributed by atoms with Crippen LogP contribution in [0.15, 0.2) is 48.5 Å². The molecule has 0 radical (unpaired) electrons. The molecule has 2 N–H and O–H groups in total. The van der Waals surface area contributed by atoms with Crippen molar-refractivity contribution < 1.29 is 14.4 Å². The standard InChI is InChI=1S/C19H18ClN3O3/c20-16-3-1-2-13(10-16)8-9-21-18(25)15-6-4-14(5-7-15)12-23-17(24)11-22-19(23)26/h1-7,10H,8-9,11-12H2,(H,21,25)(H,22,26). The molecule has 6 nitrogen and oxygen atoms in total. The number of urea groups is 1. The van der Waals surface area contributed by atoms with Crippen molar-refractivity contribution in [1.82, 2.24) is 15.5 Å². The molecule has 0 spiro atoms. The van der Waals surface area contributed by atoms with Crippen molar-refractivity contribution in [2.45, 2.75) is 13.0 Å². The van der Waals surface area contributed by atoms with Gasteiger partial charge in [0, 0.05) is 17.1 Å². The van der Waals surface area contributed by atoms with Crippen LogP contribution in [-0.2, 0) is 17.8 Å². The van der Waals surface area contributed by atoms with E-state index in [0.29, 0.717) is 23.6 Å². The van der Waals surface area contributed by atoms with Crippen LogP contribution in [0.5, 0.6) is 0 Å².